The summed E-state index contributed by atoms with van der Waals surface area (Å²) in [6, 6.07) is 6.47. The SMILES string of the molecule is Cc1ccc(NCCC2CCNCC2)cc1Br. The van der Waals surface area contributed by atoms with Gasteiger partial charge in [0.05, 0.1) is 0 Å². The highest BCUT2D eigenvalue weighted by molar-refractivity contribution is 9.10. The van der Waals surface area contributed by atoms with Gasteiger partial charge in [-0.3, -0.25) is 0 Å². The molecule has 1 fully saturated rings. The third-order valence-electron chi connectivity index (χ3n) is 3.51. The molecule has 1 saturated heterocycles. The van der Waals surface area contributed by atoms with Crippen molar-refractivity contribution < 1.29 is 0 Å². The van der Waals surface area contributed by atoms with Crippen LogP contribution in [-0.4, -0.2) is 19.6 Å². The van der Waals surface area contributed by atoms with Crippen molar-refractivity contribution in [2.45, 2.75) is 26.2 Å². The second kappa shape index (κ2) is 6.41. The maximum absolute atomic E-state index is 3.57. The zero-order valence-corrected chi connectivity index (χ0v) is 12.0. The van der Waals surface area contributed by atoms with E-state index >= 15 is 0 Å². The summed E-state index contributed by atoms with van der Waals surface area (Å²) in [5, 5.41) is 6.92. The lowest BCUT2D eigenvalue weighted by atomic mass is 9.95. The molecule has 1 heterocycles. The molecule has 0 unspecified atom stereocenters. The van der Waals surface area contributed by atoms with E-state index < -0.39 is 0 Å². The molecular formula is C14H21BrN2. The third kappa shape index (κ3) is 4.00. The number of piperidine rings is 1. The molecule has 2 nitrogen and oxygen atoms in total. The molecule has 0 spiro atoms. The number of nitrogens with one attached hydrogen (secondary N) is 2. The summed E-state index contributed by atoms with van der Waals surface area (Å²) in [6.07, 6.45) is 3.95. The molecule has 2 rings (SSSR count). The standard InChI is InChI=1S/C14H21BrN2/c1-11-2-3-13(10-14(11)15)17-9-6-12-4-7-16-8-5-12/h2-3,10,12,16-17H,4-9H2,1H3. The maximum atomic E-state index is 3.57. The van der Waals surface area contributed by atoms with Gasteiger partial charge in [-0.05, 0) is 62.9 Å². The van der Waals surface area contributed by atoms with Crippen LogP contribution in [0.3, 0.4) is 0 Å². The maximum Gasteiger partial charge on any atom is 0.0351 e. The molecule has 94 valence electrons. The summed E-state index contributed by atoms with van der Waals surface area (Å²) in [7, 11) is 0. The lowest BCUT2D eigenvalue weighted by Crippen LogP contribution is -2.28. The van der Waals surface area contributed by atoms with Crippen LogP contribution in [-0.2, 0) is 0 Å². The summed E-state index contributed by atoms with van der Waals surface area (Å²) in [5.74, 6) is 0.901. The second-order valence-electron chi connectivity index (χ2n) is 4.87. The quantitative estimate of drug-likeness (QED) is 0.888. The number of benzene rings is 1. The van der Waals surface area contributed by atoms with Crippen LogP contribution in [0.15, 0.2) is 22.7 Å². The predicted molar refractivity (Wildman–Crippen MR) is 77.6 cm³/mol. The van der Waals surface area contributed by atoms with E-state index in [4.69, 9.17) is 0 Å². The lowest BCUT2D eigenvalue weighted by molar-refractivity contribution is 0.361. The average molecular weight is 297 g/mol. The fourth-order valence-corrected chi connectivity index (χ4v) is 2.67. The van der Waals surface area contributed by atoms with Gasteiger partial charge in [0.15, 0.2) is 0 Å². The molecule has 1 aliphatic heterocycles. The summed E-state index contributed by atoms with van der Waals surface area (Å²) >= 11 is 3.57. The summed E-state index contributed by atoms with van der Waals surface area (Å²) < 4.78 is 1.18. The van der Waals surface area contributed by atoms with Gasteiger partial charge in [-0.15, -0.1) is 0 Å². The molecule has 17 heavy (non-hydrogen) atoms. The van der Waals surface area contributed by atoms with E-state index in [-0.39, 0.29) is 0 Å². The van der Waals surface area contributed by atoms with Crippen molar-refractivity contribution in [1.29, 1.82) is 0 Å². The zero-order valence-electron chi connectivity index (χ0n) is 10.4. The molecule has 1 aromatic carbocycles. The normalized spacial score (nSPS) is 17.1. The summed E-state index contributed by atoms with van der Waals surface area (Å²) in [4.78, 5) is 0. The van der Waals surface area contributed by atoms with Gasteiger partial charge in [0, 0.05) is 16.7 Å². The van der Waals surface area contributed by atoms with Crippen molar-refractivity contribution in [1.82, 2.24) is 5.32 Å². The smallest absolute Gasteiger partial charge is 0.0351 e. The molecule has 1 aromatic rings. The Morgan fingerprint density at radius 2 is 2.12 bits per heavy atom. The third-order valence-corrected chi connectivity index (χ3v) is 4.37. The highest BCUT2D eigenvalue weighted by Crippen LogP contribution is 2.21. The lowest BCUT2D eigenvalue weighted by Gasteiger charge is -2.22. The number of anilines is 1. The summed E-state index contributed by atoms with van der Waals surface area (Å²) in [6.45, 7) is 5.59. The van der Waals surface area contributed by atoms with Crippen LogP contribution < -0.4 is 10.6 Å². The van der Waals surface area contributed by atoms with Crippen molar-refractivity contribution >= 4 is 21.6 Å². The molecule has 0 aliphatic carbocycles. The Morgan fingerprint density at radius 3 is 2.82 bits per heavy atom. The Morgan fingerprint density at radius 1 is 1.35 bits per heavy atom. The van der Waals surface area contributed by atoms with Crippen LogP contribution in [0.2, 0.25) is 0 Å². The zero-order chi connectivity index (χ0) is 12.1. The molecule has 0 atom stereocenters. The van der Waals surface area contributed by atoms with Gasteiger partial charge in [0.2, 0.25) is 0 Å². The minimum atomic E-state index is 0.901. The number of rotatable bonds is 4. The number of aryl methyl sites for hydroxylation is 1. The van der Waals surface area contributed by atoms with E-state index in [0.29, 0.717) is 0 Å². The van der Waals surface area contributed by atoms with E-state index in [1.807, 2.05) is 0 Å². The number of halogens is 1. The van der Waals surface area contributed by atoms with Crippen molar-refractivity contribution in [2.24, 2.45) is 5.92 Å². The van der Waals surface area contributed by atoms with Gasteiger partial charge in [0.25, 0.3) is 0 Å². The molecule has 0 saturated carbocycles. The van der Waals surface area contributed by atoms with E-state index in [1.165, 1.54) is 48.1 Å². The van der Waals surface area contributed by atoms with Gasteiger partial charge in [-0.25, -0.2) is 0 Å². The van der Waals surface area contributed by atoms with E-state index in [1.54, 1.807) is 0 Å². The predicted octanol–water partition coefficient (Wildman–Crippen LogP) is 3.56. The molecular weight excluding hydrogens is 276 g/mol. The van der Waals surface area contributed by atoms with Gasteiger partial charge in [0.1, 0.15) is 0 Å². The van der Waals surface area contributed by atoms with E-state index in [2.05, 4.69) is 51.7 Å². The van der Waals surface area contributed by atoms with Gasteiger partial charge >= 0.3 is 0 Å². The largest absolute Gasteiger partial charge is 0.385 e. The Hall–Kier alpha value is -0.540. The van der Waals surface area contributed by atoms with Crippen LogP contribution in [0, 0.1) is 12.8 Å². The fraction of sp³-hybridized carbons (Fsp3) is 0.571. The second-order valence-corrected chi connectivity index (χ2v) is 5.73. The van der Waals surface area contributed by atoms with Crippen molar-refractivity contribution in [3.05, 3.63) is 28.2 Å². The highest BCUT2D eigenvalue weighted by Gasteiger charge is 2.11. The Balaban J connectivity index is 1.75. The molecule has 3 heteroatoms. The average Bonchev–Trinajstić information content (AvgIpc) is 2.35. The first kappa shape index (κ1) is 12.9. The first-order valence-electron chi connectivity index (χ1n) is 6.46. The van der Waals surface area contributed by atoms with Crippen LogP contribution >= 0.6 is 15.9 Å². The number of hydrogen-bond donors (Lipinski definition) is 2. The van der Waals surface area contributed by atoms with Crippen LogP contribution in [0.5, 0.6) is 0 Å². The van der Waals surface area contributed by atoms with E-state index in [9.17, 15) is 0 Å². The van der Waals surface area contributed by atoms with Gasteiger partial charge < -0.3 is 10.6 Å². The van der Waals surface area contributed by atoms with Crippen molar-refractivity contribution in [3.63, 3.8) is 0 Å². The molecule has 0 radical (unpaired) electrons. The minimum Gasteiger partial charge on any atom is -0.385 e. The Kier molecular flexibility index (Phi) is 4.86. The fourth-order valence-electron chi connectivity index (χ4n) is 2.29. The van der Waals surface area contributed by atoms with E-state index in [0.717, 1.165) is 12.5 Å². The Bertz CT molecular complexity index is 359. The molecule has 0 aromatic heterocycles. The topological polar surface area (TPSA) is 24.1 Å². The van der Waals surface area contributed by atoms with Crippen molar-refractivity contribution in [3.8, 4) is 0 Å². The molecule has 1 aliphatic rings. The van der Waals surface area contributed by atoms with Gasteiger partial charge in [-0.2, -0.15) is 0 Å². The van der Waals surface area contributed by atoms with Crippen LogP contribution in [0.1, 0.15) is 24.8 Å². The molecule has 0 bridgehead atoms. The van der Waals surface area contributed by atoms with Crippen LogP contribution in [0.4, 0.5) is 5.69 Å². The molecule has 2 N–H and O–H groups in total. The first-order valence-corrected chi connectivity index (χ1v) is 7.26. The summed E-state index contributed by atoms with van der Waals surface area (Å²) in [5.41, 5.74) is 2.50. The number of hydrogen-bond acceptors (Lipinski definition) is 2. The van der Waals surface area contributed by atoms with Gasteiger partial charge in [-0.1, -0.05) is 22.0 Å². The highest BCUT2D eigenvalue weighted by atomic mass is 79.9. The van der Waals surface area contributed by atoms with Crippen LogP contribution in [0.25, 0.3) is 0 Å². The minimum absolute atomic E-state index is 0.901. The molecule has 0 amide bonds. The Labute approximate surface area is 112 Å². The first-order chi connectivity index (χ1) is 8.25. The monoisotopic (exact) mass is 296 g/mol. The van der Waals surface area contributed by atoms with Crippen molar-refractivity contribution in [2.75, 3.05) is 25.0 Å².